The quantitative estimate of drug-likeness (QED) is 0.466. The number of ether oxygens (including phenoxy) is 1. The molecule has 0 aliphatic carbocycles. The third-order valence-electron chi connectivity index (χ3n) is 5.58. The number of likely N-dealkylation sites (N-methyl/N-ethyl adjacent to an activating group) is 1. The van der Waals surface area contributed by atoms with Crippen LogP contribution in [0.1, 0.15) is 12.5 Å². The molecule has 1 unspecified atom stereocenters. The van der Waals surface area contributed by atoms with Crippen LogP contribution in [0.15, 0.2) is 89.8 Å². The highest BCUT2D eigenvalue weighted by Crippen LogP contribution is 2.24. The Morgan fingerprint density at radius 1 is 0.914 bits per heavy atom. The number of para-hydroxylation sites is 1. The lowest BCUT2D eigenvalue weighted by Gasteiger charge is -2.31. The molecule has 0 aliphatic rings. The number of anilines is 1. The fourth-order valence-electron chi connectivity index (χ4n) is 3.56. The van der Waals surface area contributed by atoms with Gasteiger partial charge in [-0.15, -0.1) is 0 Å². The van der Waals surface area contributed by atoms with E-state index in [1.54, 1.807) is 86.8 Å². The molecule has 9 heteroatoms. The van der Waals surface area contributed by atoms with E-state index in [9.17, 15) is 18.0 Å². The van der Waals surface area contributed by atoms with Gasteiger partial charge in [0.15, 0.2) is 0 Å². The van der Waals surface area contributed by atoms with Gasteiger partial charge in [0, 0.05) is 13.6 Å². The summed E-state index contributed by atoms with van der Waals surface area (Å²) in [6.07, 6.45) is 0. The van der Waals surface area contributed by atoms with Gasteiger partial charge in [0.25, 0.3) is 10.0 Å². The van der Waals surface area contributed by atoms with Gasteiger partial charge in [-0.05, 0) is 48.9 Å². The summed E-state index contributed by atoms with van der Waals surface area (Å²) in [7, 11) is -0.997. The van der Waals surface area contributed by atoms with Crippen molar-refractivity contribution >= 4 is 27.5 Å². The van der Waals surface area contributed by atoms with Crippen molar-refractivity contribution in [2.45, 2.75) is 24.4 Å². The molecule has 184 valence electrons. The second-order valence-corrected chi connectivity index (χ2v) is 9.68. The number of benzene rings is 3. The zero-order chi connectivity index (χ0) is 25.4. The number of nitrogens with one attached hydrogen (secondary N) is 1. The Balaban J connectivity index is 1.97. The second-order valence-electron chi connectivity index (χ2n) is 7.82. The van der Waals surface area contributed by atoms with Crippen LogP contribution in [0.4, 0.5) is 5.69 Å². The summed E-state index contributed by atoms with van der Waals surface area (Å²) in [4.78, 5) is 27.5. The molecule has 0 saturated carbocycles. The number of methoxy groups -OCH3 is 1. The lowest BCUT2D eigenvalue weighted by atomic mass is 10.1. The SMILES string of the molecule is CNC(=O)C(C)N(Cc1ccc(OC)cc1)C(=O)CN(c1ccccc1)S(=O)(=O)c1ccccc1. The Labute approximate surface area is 206 Å². The van der Waals surface area contributed by atoms with Gasteiger partial charge < -0.3 is 15.0 Å². The van der Waals surface area contributed by atoms with Crippen molar-refractivity contribution in [2.75, 3.05) is 25.0 Å². The van der Waals surface area contributed by atoms with E-state index >= 15 is 0 Å². The van der Waals surface area contributed by atoms with Gasteiger partial charge in [0.2, 0.25) is 11.8 Å². The number of rotatable bonds is 10. The highest BCUT2D eigenvalue weighted by Gasteiger charge is 2.32. The fourth-order valence-corrected chi connectivity index (χ4v) is 5.00. The number of nitrogens with zero attached hydrogens (tertiary/aromatic N) is 2. The molecule has 2 amide bonds. The molecule has 8 nitrogen and oxygen atoms in total. The van der Waals surface area contributed by atoms with Crippen molar-refractivity contribution in [1.82, 2.24) is 10.2 Å². The molecule has 0 fully saturated rings. The highest BCUT2D eigenvalue weighted by molar-refractivity contribution is 7.92. The fraction of sp³-hybridized carbons (Fsp3) is 0.231. The summed E-state index contributed by atoms with van der Waals surface area (Å²) in [5.41, 5.74) is 1.12. The van der Waals surface area contributed by atoms with E-state index in [0.29, 0.717) is 11.4 Å². The van der Waals surface area contributed by atoms with Gasteiger partial charge in [-0.3, -0.25) is 13.9 Å². The van der Waals surface area contributed by atoms with Crippen molar-refractivity contribution in [3.05, 3.63) is 90.5 Å². The molecule has 0 radical (unpaired) electrons. The maximum absolute atomic E-state index is 13.6. The van der Waals surface area contributed by atoms with Crippen LogP contribution in [-0.2, 0) is 26.2 Å². The van der Waals surface area contributed by atoms with Crippen LogP contribution in [0.3, 0.4) is 0 Å². The van der Waals surface area contributed by atoms with E-state index < -0.39 is 28.5 Å². The minimum absolute atomic E-state index is 0.0673. The van der Waals surface area contributed by atoms with E-state index in [1.807, 2.05) is 0 Å². The molecule has 3 aromatic carbocycles. The topological polar surface area (TPSA) is 96.0 Å². The van der Waals surface area contributed by atoms with Crippen LogP contribution in [-0.4, -0.2) is 51.9 Å². The first kappa shape index (κ1) is 25.8. The highest BCUT2D eigenvalue weighted by atomic mass is 32.2. The maximum atomic E-state index is 13.6. The van der Waals surface area contributed by atoms with E-state index in [2.05, 4.69) is 5.32 Å². The van der Waals surface area contributed by atoms with Crippen molar-refractivity contribution in [3.8, 4) is 5.75 Å². The molecule has 0 heterocycles. The van der Waals surface area contributed by atoms with Crippen LogP contribution in [0.25, 0.3) is 0 Å². The van der Waals surface area contributed by atoms with Gasteiger partial charge in [0.05, 0.1) is 17.7 Å². The van der Waals surface area contributed by atoms with Crippen LogP contribution in [0, 0.1) is 0 Å². The molecular weight excluding hydrogens is 466 g/mol. The predicted octanol–water partition coefficient (Wildman–Crippen LogP) is 3.05. The molecule has 3 aromatic rings. The number of carbonyl (C=O) groups is 2. The molecule has 0 aliphatic heterocycles. The smallest absolute Gasteiger partial charge is 0.264 e. The van der Waals surface area contributed by atoms with Crippen molar-refractivity contribution < 1.29 is 22.7 Å². The molecule has 35 heavy (non-hydrogen) atoms. The summed E-state index contributed by atoms with van der Waals surface area (Å²) in [5, 5.41) is 2.56. The van der Waals surface area contributed by atoms with Gasteiger partial charge in [-0.2, -0.15) is 0 Å². The first-order valence-corrected chi connectivity index (χ1v) is 12.5. The molecule has 0 spiro atoms. The summed E-state index contributed by atoms with van der Waals surface area (Å²) in [6, 6.07) is 22.7. The average molecular weight is 496 g/mol. The van der Waals surface area contributed by atoms with Gasteiger partial charge in [0.1, 0.15) is 18.3 Å². The predicted molar refractivity (Wildman–Crippen MR) is 134 cm³/mol. The summed E-state index contributed by atoms with van der Waals surface area (Å²) in [6.45, 7) is 1.25. The normalized spacial score (nSPS) is 11.9. The minimum Gasteiger partial charge on any atom is -0.497 e. The Morgan fingerprint density at radius 2 is 1.49 bits per heavy atom. The number of hydrogen-bond acceptors (Lipinski definition) is 5. The lowest BCUT2D eigenvalue weighted by Crippen LogP contribution is -2.50. The first-order valence-electron chi connectivity index (χ1n) is 11.0. The zero-order valence-corrected chi connectivity index (χ0v) is 20.7. The third-order valence-corrected chi connectivity index (χ3v) is 7.37. The first-order chi connectivity index (χ1) is 16.8. The van der Waals surface area contributed by atoms with Crippen LogP contribution in [0.2, 0.25) is 0 Å². The number of amides is 2. The van der Waals surface area contributed by atoms with Gasteiger partial charge in [-0.1, -0.05) is 48.5 Å². The molecular formula is C26H29N3O5S. The minimum atomic E-state index is -4.05. The lowest BCUT2D eigenvalue weighted by molar-refractivity contribution is -0.139. The molecule has 3 rings (SSSR count). The average Bonchev–Trinajstić information content (AvgIpc) is 2.90. The molecule has 1 atom stereocenters. The Hall–Kier alpha value is -3.85. The molecule has 0 aromatic heterocycles. The van der Waals surface area contributed by atoms with E-state index in [0.717, 1.165) is 9.87 Å². The Kier molecular flexibility index (Phi) is 8.48. The molecule has 1 N–H and O–H groups in total. The summed E-state index contributed by atoms with van der Waals surface area (Å²) >= 11 is 0. The van der Waals surface area contributed by atoms with Crippen LogP contribution < -0.4 is 14.4 Å². The van der Waals surface area contributed by atoms with Crippen molar-refractivity contribution in [2.24, 2.45) is 0 Å². The van der Waals surface area contributed by atoms with E-state index in [1.165, 1.54) is 24.1 Å². The van der Waals surface area contributed by atoms with Gasteiger partial charge in [-0.25, -0.2) is 8.42 Å². The monoisotopic (exact) mass is 495 g/mol. The molecule has 0 saturated heterocycles. The van der Waals surface area contributed by atoms with E-state index in [4.69, 9.17) is 4.74 Å². The van der Waals surface area contributed by atoms with Crippen molar-refractivity contribution in [3.63, 3.8) is 0 Å². The largest absolute Gasteiger partial charge is 0.497 e. The number of sulfonamides is 1. The standard InChI is InChI=1S/C26H29N3O5S/c1-20(26(31)27-2)28(18-21-14-16-23(34-3)17-15-21)25(30)19-29(22-10-6-4-7-11-22)35(32,33)24-12-8-5-9-13-24/h4-17,20H,18-19H2,1-3H3,(H,27,31). The van der Waals surface area contributed by atoms with E-state index in [-0.39, 0.29) is 17.3 Å². The summed E-state index contributed by atoms with van der Waals surface area (Å²) in [5.74, 6) is -0.209. The Bertz CT molecular complexity index is 1230. The third kappa shape index (κ3) is 6.19. The maximum Gasteiger partial charge on any atom is 0.264 e. The second kappa shape index (κ2) is 11.5. The zero-order valence-electron chi connectivity index (χ0n) is 19.9. The van der Waals surface area contributed by atoms with Gasteiger partial charge >= 0.3 is 0 Å². The number of hydrogen-bond donors (Lipinski definition) is 1. The number of carbonyl (C=O) groups excluding carboxylic acids is 2. The van der Waals surface area contributed by atoms with Crippen LogP contribution in [0.5, 0.6) is 5.75 Å². The molecule has 0 bridgehead atoms. The van der Waals surface area contributed by atoms with Crippen LogP contribution >= 0.6 is 0 Å². The summed E-state index contributed by atoms with van der Waals surface area (Å²) < 4.78 is 33.3. The Morgan fingerprint density at radius 3 is 2.03 bits per heavy atom. The van der Waals surface area contributed by atoms with Crippen molar-refractivity contribution in [1.29, 1.82) is 0 Å².